The number of nitrogens with zero attached hydrogens (tertiary/aromatic N) is 2. The Labute approximate surface area is 232 Å². The number of thiazole rings is 1. The average molecular weight is 600 g/mol. The number of hydrogen-bond acceptors (Lipinski definition) is 8. The second-order valence-electron chi connectivity index (χ2n) is 8.18. The predicted molar refractivity (Wildman–Crippen MR) is 150 cm³/mol. The van der Waals surface area contributed by atoms with E-state index < -0.39 is 12.0 Å². The standard InChI is InChI=1S/C28H27BrN2O6S/c1-6-12-37-25-19(29)13-17(14-21(25)35-5)15-22-26(32)31-24(18-10-8-9-11-20(18)34-4)23(27(33)36-7-2)16(3)30-28(31)38-22/h6,8-11,13-15,24H,1,7,12H2,2-5H3/b22-15+/t24-/m1/s1. The summed E-state index contributed by atoms with van der Waals surface area (Å²) >= 11 is 4.77. The molecular formula is C28H27BrN2O6S. The number of carbonyl (C=O) groups excluding carboxylic acids is 1. The zero-order valence-electron chi connectivity index (χ0n) is 21.4. The van der Waals surface area contributed by atoms with Crippen molar-refractivity contribution in [2.45, 2.75) is 19.9 Å². The number of hydrogen-bond donors (Lipinski definition) is 0. The molecular weight excluding hydrogens is 572 g/mol. The molecule has 3 aromatic rings. The first kappa shape index (κ1) is 27.4. The number of benzene rings is 2. The molecule has 0 unspecified atom stereocenters. The van der Waals surface area contributed by atoms with Crippen molar-refractivity contribution >= 4 is 39.3 Å². The third-order valence-electron chi connectivity index (χ3n) is 5.85. The molecule has 4 rings (SSSR count). The molecule has 0 saturated carbocycles. The third-order valence-corrected chi connectivity index (χ3v) is 7.42. The molecule has 1 aromatic heterocycles. The number of halogens is 1. The van der Waals surface area contributed by atoms with Crippen LogP contribution >= 0.6 is 27.3 Å². The molecule has 2 aromatic carbocycles. The lowest BCUT2D eigenvalue weighted by atomic mass is 9.95. The minimum Gasteiger partial charge on any atom is -0.496 e. The van der Waals surface area contributed by atoms with Crippen LogP contribution in [0.1, 0.15) is 31.0 Å². The van der Waals surface area contributed by atoms with E-state index in [0.717, 1.165) is 5.56 Å². The second kappa shape index (κ2) is 11.8. The maximum atomic E-state index is 13.9. The highest BCUT2D eigenvalue weighted by atomic mass is 79.9. The fraction of sp³-hybridized carbons (Fsp3) is 0.250. The van der Waals surface area contributed by atoms with Crippen LogP contribution in [-0.2, 0) is 9.53 Å². The summed E-state index contributed by atoms with van der Waals surface area (Å²) in [4.78, 5) is 32.0. The van der Waals surface area contributed by atoms with Crippen LogP contribution in [-0.4, -0.2) is 38.0 Å². The fourth-order valence-corrected chi connectivity index (χ4v) is 5.86. The van der Waals surface area contributed by atoms with Crippen LogP contribution in [0.4, 0.5) is 0 Å². The molecule has 1 atom stereocenters. The van der Waals surface area contributed by atoms with Crippen molar-refractivity contribution in [3.8, 4) is 17.2 Å². The Balaban J connectivity index is 1.93. The predicted octanol–water partition coefficient (Wildman–Crippen LogP) is 4.14. The number of methoxy groups -OCH3 is 2. The van der Waals surface area contributed by atoms with Gasteiger partial charge in [-0.1, -0.05) is 42.2 Å². The van der Waals surface area contributed by atoms with Crippen molar-refractivity contribution in [2.24, 2.45) is 4.99 Å². The lowest BCUT2D eigenvalue weighted by molar-refractivity contribution is -0.139. The number of carbonyl (C=O) groups is 1. The normalized spacial score (nSPS) is 15.0. The maximum Gasteiger partial charge on any atom is 0.338 e. The molecule has 0 N–H and O–H groups in total. The van der Waals surface area contributed by atoms with Crippen LogP contribution in [0.5, 0.6) is 17.2 Å². The van der Waals surface area contributed by atoms with Crippen molar-refractivity contribution in [2.75, 3.05) is 27.4 Å². The van der Waals surface area contributed by atoms with Crippen molar-refractivity contribution in [1.29, 1.82) is 0 Å². The van der Waals surface area contributed by atoms with Crippen LogP contribution in [0.3, 0.4) is 0 Å². The van der Waals surface area contributed by atoms with Gasteiger partial charge >= 0.3 is 5.97 Å². The van der Waals surface area contributed by atoms with Crippen molar-refractivity contribution in [3.05, 3.63) is 95.6 Å². The van der Waals surface area contributed by atoms with Gasteiger partial charge in [-0.2, -0.15) is 0 Å². The van der Waals surface area contributed by atoms with Crippen LogP contribution in [0.2, 0.25) is 0 Å². The molecule has 198 valence electrons. The molecule has 8 nitrogen and oxygen atoms in total. The van der Waals surface area contributed by atoms with E-state index in [-0.39, 0.29) is 12.2 Å². The summed E-state index contributed by atoms with van der Waals surface area (Å²) in [5, 5.41) is 0. The van der Waals surface area contributed by atoms with Crippen molar-refractivity contribution in [1.82, 2.24) is 4.57 Å². The first-order valence-electron chi connectivity index (χ1n) is 11.8. The number of fused-ring (bicyclic) bond motifs is 1. The first-order valence-corrected chi connectivity index (χ1v) is 13.4. The number of esters is 1. The van der Waals surface area contributed by atoms with E-state index in [1.165, 1.54) is 15.9 Å². The monoisotopic (exact) mass is 598 g/mol. The topological polar surface area (TPSA) is 88.4 Å². The molecule has 10 heteroatoms. The van der Waals surface area contributed by atoms with Gasteiger partial charge in [-0.25, -0.2) is 9.79 Å². The molecule has 0 amide bonds. The van der Waals surface area contributed by atoms with Crippen LogP contribution in [0, 0.1) is 0 Å². The molecule has 0 radical (unpaired) electrons. The summed E-state index contributed by atoms with van der Waals surface area (Å²) in [6.07, 6.45) is 3.41. The van der Waals surface area contributed by atoms with Gasteiger partial charge in [0.2, 0.25) is 0 Å². The summed E-state index contributed by atoms with van der Waals surface area (Å²) < 4.78 is 24.8. The summed E-state index contributed by atoms with van der Waals surface area (Å²) in [7, 11) is 3.10. The van der Waals surface area contributed by atoms with Gasteiger partial charge in [0.1, 0.15) is 18.4 Å². The molecule has 0 bridgehead atoms. The van der Waals surface area contributed by atoms with E-state index in [1.807, 2.05) is 24.3 Å². The summed E-state index contributed by atoms with van der Waals surface area (Å²) in [5.74, 6) is 1.07. The molecule has 38 heavy (non-hydrogen) atoms. The lowest BCUT2D eigenvalue weighted by Crippen LogP contribution is -2.40. The average Bonchev–Trinajstić information content (AvgIpc) is 3.21. The van der Waals surface area contributed by atoms with Gasteiger partial charge in [-0.05, 0) is 59.6 Å². The maximum absolute atomic E-state index is 13.9. The highest BCUT2D eigenvalue weighted by Crippen LogP contribution is 2.37. The molecule has 0 fully saturated rings. The molecule has 0 spiro atoms. The Hall–Kier alpha value is -3.63. The lowest BCUT2D eigenvalue weighted by Gasteiger charge is -2.25. The molecule has 1 aliphatic rings. The fourth-order valence-electron chi connectivity index (χ4n) is 4.23. The van der Waals surface area contributed by atoms with Gasteiger partial charge in [0.25, 0.3) is 5.56 Å². The first-order chi connectivity index (χ1) is 18.3. The van der Waals surface area contributed by atoms with Crippen LogP contribution in [0.25, 0.3) is 6.08 Å². The van der Waals surface area contributed by atoms with E-state index in [1.54, 1.807) is 52.4 Å². The van der Waals surface area contributed by atoms with Gasteiger partial charge in [0.15, 0.2) is 16.3 Å². The smallest absolute Gasteiger partial charge is 0.338 e. The molecule has 0 aliphatic carbocycles. The highest BCUT2D eigenvalue weighted by molar-refractivity contribution is 9.10. The van der Waals surface area contributed by atoms with Gasteiger partial charge in [0, 0.05) is 5.56 Å². The third kappa shape index (κ3) is 5.19. The Morgan fingerprint density at radius 1 is 1.21 bits per heavy atom. The van der Waals surface area contributed by atoms with Crippen LogP contribution in [0.15, 0.2) is 74.6 Å². The summed E-state index contributed by atoms with van der Waals surface area (Å²) in [6.45, 7) is 7.67. The second-order valence-corrected chi connectivity index (χ2v) is 10.0. The quantitative estimate of drug-likeness (QED) is 0.272. The highest BCUT2D eigenvalue weighted by Gasteiger charge is 2.35. The van der Waals surface area contributed by atoms with Gasteiger partial charge < -0.3 is 18.9 Å². The van der Waals surface area contributed by atoms with E-state index >= 15 is 0 Å². The van der Waals surface area contributed by atoms with Crippen molar-refractivity contribution in [3.63, 3.8) is 0 Å². The molecule has 2 heterocycles. The number of ether oxygens (including phenoxy) is 4. The minimum absolute atomic E-state index is 0.196. The van der Waals surface area contributed by atoms with E-state index in [4.69, 9.17) is 18.9 Å². The zero-order valence-corrected chi connectivity index (χ0v) is 23.9. The Bertz CT molecular complexity index is 1600. The largest absolute Gasteiger partial charge is 0.496 e. The number of allylic oxidation sites excluding steroid dienone is 1. The Morgan fingerprint density at radius 3 is 2.63 bits per heavy atom. The Kier molecular flexibility index (Phi) is 8.53. The van der Waals surface area contributed by atoms with Crippen molar-refractivity contribution < 1.29 is 23.7 Å². The van der Waals surface area contributed by atoms with E-state index in [0.29, 0.717) is 54.5 Å². The molecule has 0 saturated heterocycles. The van der Waals surface area contributed by atoms with Gasteiger partial charge in [-0.15, -0.1) is 0 Å². The zero-order chi connectivity index (χ0) is 27.4. The number of aromatic nitrogens is 1. The number of rotatable bonds is 9. The van der Waals surface area contributed by atoms with Gasteiger partial charge in [-0.3, -0.25) is 9.36 Å². The van der Waals surface area contributed by atoms with Gasteiger partial charge in [0.05, 0.1) is 41.1 Å². The Morgan fingerprint density at radius 2 is 1.95 bits per heavy atom. The summed E-state index contributed by atoms with van der Waals surface area (Å²) in [6, 6.07) is 10.2. The summed E-state index contributed by atoms with van der Waals surface area (Å²) in [5.41, 5.74) is 1.87. The van der Waals surface area contributed by atoms with Crippen LogP contribution < -0.4 is 29.1 Å². The minimum atomic E-state index is -0.764. The van der Waals surface area contributed by atoms with E-state index in [2.05, 4.69) is 27.5 Å². The van der Waals surface area contributed by atoms with E-state index in [9.17, 15) is 9.59 Å². The molecule has 1 aliphatic heterocycles. The SMILES string of the molecule is C=CCOc1c(Br)cc(/C=c2/sc3n(c2=O)[C@H](c2ccccc2OC)C(C(=O)OCC)=C(C)N=3)cc1OC. The number of para-hydroxylation sites is 1.